The van der Waals surface area contributed by atoms with Crippen LogP contribution in [-0.2, 0) is 6.42 Å². The quantitative estimate of drug-likeness (QED) is 0.467. The van der Waals surface area contributed by atoms with Crippen LogP contribution in [0.4, 0.5) is 0 Å². The summed E-state index contributed by atoms with van der Waals surface area (Å²) in [6, 6.07) is 8.42. The summed E-state index contributed by atoms with van der Waals surface area (Å²) < 4.78 is 0. The Balaban J connectivity index is 2.56. The van der Waals surface area contributed by atoms with Crippen molar-refractivity contribution in [3.05, 3.63) is 41.7 Å². The highest BCUT2D eigenvalue weighted by Crippen LogP contribution is 2.32. The van der Waals surface area contributed by atoms with Gasteiger partial charge in [0.05, 0.1) is 0 Å². The van der Waals surface area contributed by atoms with Gasteiger partial charge < -0.3 is 0 Å². The first kappa shape index (κ1) is 5.30. The number of pyridine rings is 1. The monoisotopic (exact) mass is 141 g/mol. The van der Waals surface area contributed by atoms with E-state index in [4.69, 9.17) is 0 Å². The molecule has 0 fully saturated rings. The Morgan fingerprint density at radius 2 is 2.09 bits per heavy atom. The topological polar surface area (TPSA) is 12.9 Å². The molecule has 0 spiro atoms. The van der Waals surface area contributed by atoms with E-state index in [2.05, 4.69) is 29.2 Å². The summed E-state index contributed by atoms with van der Waals surface area (Å²) in [6.45, 7) is 0. The Kier molecular flexibility index (Phi) is 0.779. The van der Waals surface area contributed by atoms with E-state index in [1.807, 2.05) is 6.20 Å². The predicted octanol–water partition coefficient (Wildman–Crippen LogP) is 2.14. The fourth-order valence-electron chi connectivity index (χ4n) is 1.53. The van der Waals surface area contributed by atoms with Gasteiger partial charge in [-0.05, 0) is 10.9 Å². The molecule has 52 valence electrons. The van der Waals surface area contributed by atoms with E-state index in [-0.39, 0.29) is 0 Å². The number of hydrogen-bond acceptors (Lipinski definition) is 1. The van der Waals surface area contributed by atoms with Gasteiger partial charge in [-0.25, -0.2) is 0 Å². The molecule has 0 radical (unpaired) electrons. The lowest BCUT2D eigenvalue weighted by atomic mass is 10.2. The molecule has 0 atom stereocenters. The van der Waals surface area contributed by atoms with Crippen molar-refractivity contribution in [1.29, 1.82) is 0 Å². The van der Waals surface area contributed by atoms with Gasteiger partial charge in [0.2, 0.25) is 0 Å². The van der Waals surface area contributed by atoms with Crippen molar-refractivity contribution < 1.29 is 0 Å². The maximum atomic E-state index is 4.30. The average Bonchev–Trinajstić information content (AvgIpc) is 2.83. The third kappa shape index (κ3) is 0.625. The minimum atomic E-state index is 1.10. The molecule has 0 amide bonds. The highest BCUT2D eigenvalue weighted by molar-refractivity contribution is 5.88. The summed E-state index contributed by atoms with van der Waals surface area (Å²) in [4.78, 5) is 4.30. The standard InChI is InChI=1S/C10H7N/c1-2-4-8-7(3-1)6-11-10-5-9(8)10/h1-4,6H,5H2. The molecule has 1 aromatic heterocycles. The summed E-state index contributed by atoms with van der Waals surface area (Å²) in [5, 5.41) is 2.65. The van der Waals surface area contributed by atoms with Crippen molar-refractivity contribution in [1.82, 2.24) is 4.98 Å². The van der Waals surface area contributed by atoms with Gasteiger partial charge in [-0.3, -0.25) is 4.98 Å². The minimum Gasteiger partial charge on any atom is -0.260 e. The third-order valence-electron chi connectivity index (χ3n) is 2.21. The zero-order valence-corrected chi connectivity index (χ0v) is 6.04. The van der Waals surface area contributed by atoms with E-state index in [9.17, 15) is 0 Å². The fourth-order valence-corrected chi connectivity index (χ4v) is 1.53. The van der Waals surface area contributed by atoms with Crippen molar-refractivity contribution in [3.8, 4) is 0 Å². The molecule has 11 heavy (non-hydrogen) atoms. The van der Waals surface area contributed by atoms with Crippen LogP contribution in [0.25, 0.3) is 10.8 Å². The number of aromatic nitrogens is 1. The zero-order chi connectivity index (χ0) is 7.26. The van der Waals surface area contributed by atoms with Crippen LogP contribution in [0.2, 0.25) is 0 Å². The lowest BCUT2D eigenvalue weighted by molar-refractivity contribution is 1.32. The lowest BCUT2D eigenvalue weighted by Crippen LogP contribution is -1.72. The molecule has 2 aromatic rings. The van der Waals surface area contributed by atoms with E-state index in [1.165, 1.54) is 22.0 Å². The summed E-state index contributed by atoms with van der Waals surface area (Å²) in [5.41, 5.74) is 2.73. The van der Waals surface area contributed by atoms with Crippen LogP contribution in [0.1, 0.15) is 11.3 Å². The molecular formula is C10H7N. The number of hydrogen-bond donors (Lipinski definition) is 0. The van der Waals surface area contributed by atoms with Crippen molar-refractivity contribution in [2.45, 2.75) is 6.42 Å². The second-order valence-corrected chi connectivity index (χ2v) is 2.95. The van der Waals surface area contributed by atoms with Crippen LogP contribution in [0, 0.1) is 0 Å². The second-order valence-electron chi connectivity index (χ2n) is 2.95. The molecule has 0 saturated carbocycles. The van der Waals surface area contributed by atoms with Gasteiger partial charge in [0, 0.05) is 23.7 Å². The van der Waals surface area contributed by atoms with E-state index >= 15 is 0 Å². The number of benzene rings is 1. The van der Waals surface area contributed by atoms with Crippen LogP contribution in [0.5, 0.6) is 0 Å². The van der Waals surface area contributed by atoms with Crippen molar-refractivity contribution in [2.24, 2.45) is 0 Å². The first-order chi connectivity index (χ1) is 5.45. The molecule has 1 heteroatoms. The summed E-state index contributed by atoms with van der Waals surface area (Å²) >= 11 is 0. The molecule has 3 rings (SSSR count). The first-order valence-electron chi connectivity index (χ1n) is 3.80. The maximum Gasteiger partial charge on any atom is 0.0490 e. The molecule has 1 nitrogen and oxygen atoms in total. The predicted molar refractivity (Wildman–Crippen MR) is 44.5 cm³/mol. The smallest absolute Gasteiger partial charge is 0.0490 e. The molecule has 0 saturated heterocycles. The van der Waals surface area contributed by atoms with Crippen LogP contribution >= 0.6 is 0 Å². The fraction of sp³-hybridized carbons (Fsp3) is 0.100. The molecule has 0 unspecified atom stereocenters. The molecule has 1 heterocycles. The zero-order valence-electron chi connectivity index (χ0n) is 6.04. The van der Waals surface area contributed by atoms with E-state index in [0.29, 0.717) is 0 Å². The van der Waals surface area contributed by atoms with Crippen LogP contribution < -0.4 is 0 Å². The molecule has 1 aliphatic carbocycles. The third-order valence-corrected chi connectivity index (χ3v) is 2.21. The van der Waals surface area contributed by atoms with E-state index < -0.39 is 0 Å². The normalized spacial score (nSPS) is 13.1. The Morgan fingerprint density at radius 1 is 1.18 bits per heavy atom. The van der Waals surface area contributed by atoms with Crippen LogP contribution in [-0.4, -0.2) is 4.98 Å². The highest BCUT2D eigenvalue weighted by atomic mass is 14.7. The molecule has 1 aliphatic rings. The lowest BCUT2D eigenvalue weighted by Gasteiger charge is -1.91. The number of nitrogens with zero attached hydrogens (tertiary/aromatic N) is 1. The minimum absolute atomic E-state index is 1.10. The number of fused-ring (bicyclic) bond motifs is 3. The largest absolute Gasteiger partial charge is 0.260 e. The maximum absolute atomic E-state index is 4.30. The van der Waals surface area contributed by atoms with Gasteiger partial charge >= 0.3 is 0 Å². The van der Waals surface area contributed by atoms with E-state index in [1.54, 1.807) is 0 Å². The van der Waals surface area contributed by atoms with Crippen LogP contribution in [0.3, 0.4) is 0 Å². The van der Waals surface area contributed by atoms with Crippen LogP contribution in [0.15, 0.2) is 30.5 Å². The molecule has 1 aromatic carbocycles. The SMILES string of the molecule is c1ccc2c3c(ncc2c1)C3. The van der Waals surface area contributed by atoms with Crippen molar-refractivity contribution in [2.75, 3.05) is 0 Å². The van der Waals surface area contributed by atoms with Gasteiger partial charge in [-0.15, -0.1) is 0 Å². The molecular weight excluding hydrogens is 134 g/mol. The van der Waals surface area contributed by atoms with Gasteiger partial charge in [-0.1, -0.05) is 24.3 Å². The first-order valence-corrected chi connectivity index (χ1v) is 3.80. The Hall–Kier alpha value is -1.37. The molecule has 0 N–H and O–H groups in total. The van der Waals surface area contributed by atoms with Gasteiger partial charge in [-0.2, -0.15) is 0 Å². The summed E-state index contributed by atoms with van der Waals surface area (Å²) in [5.74, 6) is 0. The Morgan fingerprint density at radius 3 is 3.09 bits per heavy atom. The Bertz CT molecular complexity index is 432. The van der Waals surface area contributed by atoms with Gasteiger partial charge in [0.1, 0.15) is 0 Å². The average molecular weight is 141 g/mol. The van der Waals surface area contributed by atoms with Crippen molar-refractivity contribution in [3.63, 3.8) is 0 Å². The second kappa shape index (κ2) is 1.62. The number of rotatable bonds is 0. The molecule has 0 aliphatic heterocycles. The van der Waals surface area contributed by atoms with Gasteiger partial charge in [0.15, 0.2) is 0 Å². The summed E-state index contributed by atoms with van der Waals surface area (Å²) in [6.07, 6.45) is 3.06. The Labute approximate surface area is 64.7 Å². The van der Waals surface area contributed by atoms with Gasteiger partial charge in [0.25, 0.3) is 0 Å². The molecule has 0 bridgehead atoms. The highest BCUT2D eigenvalue weighted by Gasteiger charge is 2.20. The van der Waals surface area contributed by atoms with E-state index in [0.717, 1.165) is 6.42 Å². The summed E-state index contributed by atoms with van der Waals surface area (Å²) in [7, 11) is 0. The van der Waals surface area contributed by atoms with Crippen molar-refractivity contribution >= 4 is 10.8 Å².